The van der Waals surface area contributed by atoms with Crippen LogP contribution in [-0.2, 0) is 16.0 Å². The molecule has 2 amide bonds. The van der Waals surface area contributed by atoms with E-state index in [0.29, 0.717) is 25.1 Å². The molecule has 0 unspecified atom stereocenters. The largest absolute Gasteiger partial charge is 0.504 e. The molecule has 0 aromatic carbocycles. The molecule has 3 rings (SSSR count). The van der Waals surface area contributed by atoms with Gasteiger partial charge in [0.2, 0.25) is 11.8 Å². The number of nitrogens with one attached hydrogen (secondary N) is 1. The first-order valence-corrected chi connectivity index (χ1v) is 8.72. The van der Waals surface area contributed by atoms with Crippen LogP contribution in [0.4, 0.5) is 5.82 Å². The van der Waals surface area contributed by atoms with Crippen molar-refractivity contribution in [3.63, 3.8) is 0 Å². The first-order valence-electron chi connectivity index (χ1n) is 7.84. The lowest BCUT2D eigenvalue weighted by molar-refractivity contribution is -0.136. The van der Waals surface area contributed by atoms with Crippen molar-refractivity contribution in [1.29, 1.82) is 0 Å². The second-order valence-corrected chi connectivity index (χ2v) is 6.84. The molecule has 1 saturated heterocycles. The number of hydrogen-bond acceptors (Lipinski definition) is 5. The lowest BCUT2D eigenvalue weighted by atomic mass is 10.2. The molecule has 1 fully saturated rings. The van der Waals surface area contributed by atoms with E-state index in [2.05, 4.69) is 10.3 Å². The second kappa shape index (κ2) is 7.00. The predicted octanol–water partition coefficient (Wildman–Crippen LogP) is 2.33. The van der Waals surface area contributed by atoms with E-state index in [9.17, 15) is 14.7 Å². The van der Waals surface area contributed by atoms with Crippen molar-refractivity contribution in [2.45, 2.75) is 32.2 Å². The zero-order chi connectivity index (χ0) is 17.1. The van der Waals surface area contributed by atoms with Crippen LogP contribution in [0, 0.1) is 6.92 Å². The summed E-state index contributed by atoms with van der Waals surface area (Å²) >= 11 is 1.53. The van der Waals surface area contributed by atoms with E-state index in [1.165, 1.54) is 17.4 Å². The Morgan fingerprint density at radius 2 is 2.25 bits per heavy atom. The van der Waals surface area contributed by atoms with Gasteiger partial charge in [-0.2, -0.15) is 0 Å². The number of aromatic nitrogens is 1. The van der Waals surface area contributed by atoms with Crippen LogP contribution < -0.4 is 5.32 Å². The Morgan fingerprint density at radius 1 is 1.42 bits per heavy atom. The third-order valence-electron chi connectivity index (χ3n) is 4.04. The summed E-state index contributed by atoms with van der Waals surface area (Å²) in [5.74, 6) is -0.294. The lowest BCUT2D eigenvalue weighted by Crippen LogP contribution is -2.43. The van der Waals surface area contributed by atoms with Gasteiger partial charge in [0.1, 0.15) is 6.04 Å². The highest BCUT2D eigenvalue weighted by atomic mass is 32.1. The number of pyridine rings is 1. The highest BCUT2D eigenvalue weighted by Gasteiger charge is 2.34. The number of anilines is 1. The van der Waals surface area contributed by atoms with Gasteiger partial charge in [-0.25, -0.2) is 4.98 Å². The fourth-order valence-electron chi connectivity index (χ4n) is 2.84. The summed E-state index contributed by atoms with van der Waals surface area (Å²) in [6.45, 7) is 2.36. The van der Waals surface area contributed by atoms with Crippen LogP contribution in [0.15, 0.2) is 29.6 Å². The molecule has 1 aliphatic rings. The van der Waals surface area contributed by atoms with E-state index in [0.717, 1.165) is 11.3 Å². The van der Waals surface area contributed by atoms with Gasteiger partial charge in [0, 0.05) is 17.1 Å². The molecule has 0 aliphatic carbocycles. The topological polar surface area (TPSA) is 82.5 Å². The van der Waals surface area contributed by atoms with Crippen molar-refractivity contribution in [3.8, 4) is 5.75 Å². The molecule has 3 heterocycles. The normalized spacial score (nSPS) is 17.0. The van der Waals surface area contributed by atoms with Crippen LogP contribution in [0.5, 0.6) is 5.75 Å². The van der Waals surface area contributed by atoms with E-state index < -0.39 is 6.04 Å². The maximum absolute atomic E-state index is 12.5. The number of hydrogen-bond donors (Lipinski definition) is 2. The first-order chi connectivity index (χ1) is 11.5. The second-order valence-electron chi connectivity index (χ2n) is 5.81. The quantitative estimate of drug-likeness (QED) is 0.891. The SMILES string of the molecule is Cc1ccc(O)c(NC(=O)[C@H]2CCCN2C(=O)Cc2cccs2)n1. The Kier molecular flexibility index (Phi) is 4.80. The monoisotopic (exact) mass is 345 g/mol. The first kappa shape index (κ1) is 16.4. The van der Waals surface area contributed by atoms with Gasteiger partial charge in [-0.15, -0.1) is 11.3 Å². The number of nitrogens with zero attached hydrogens (tertiary/aromatic N) is 2. The van der Waals surface area contributed by atoms with E-state index in [-0.39, 0.29) is 23.4 Å². The molecule has 1 atom stereocenters. The molecule has 0 saturated carbocycles. The number of aryl methyl sites for hydroxylation is 1. The molecule has 2 aromatic rings. The van der Waals surface area contributed by atoms with Crippen molar-refractivity contribution in [3.05, 3.63) is 40.2 Å². The molecule has 6 nitrogen and oxygen atoms in total. The van der Waals surface area contributed by atoms with Crippen molar-refractivity contribution >= 4 is 29.0 Å². The summed E-state index contributed by atoms with van der Waals surface area (Å²) < 4.78 is 0. The number of rotatable bonds is 4. The minimum Gasteiger partial charge on any atom is -0.504 e. The highest BCUT2D eigenvalue weighted by Crippen LogP contribution is 2.24. The molecule has 0 bridgehead atoms. The van der Waals surface area contributed by atoms with Gasteiger partial charge >= 0.3 is 0 Å². The molecule has 1 aliphatic heterocycles. The van der Waals surface area contributed by atoms with E-state index >= 15 is 0 Å². The van der Waals surface area contributed by atoms with Gasteiger partial charge in [0.05, 0.1) is 6.42 Å². The maximum atomic E-state index is 12.5. The van der Waals surface area contributed by atoms with Crippen molar-refractivity contribution in [2.24, 2.45) is 0 Å². The number of carbonyl (C=O) groups is 2. The average molecular weight is 345 g/mol. The standard InChI is InChI=1S/C17H19N3O3S/c1-11-6-7-14(21)16(18-11)19-17(23)13-5-2-8-20(13)15(22)10-12-4-3-9-24-12/h3-4,6-7,9,13,21H,2,5,8,10H2,1H3,(H,18,19,23)/t13-/m1/s1. The highest BCUT2D eigenvalue weighted by molar-refractivity contribution is 7.10. The third kappa shape index (κ3) is 3.56. The minimum absolute atomic E-state index is 0.0449. The summed E-state index contributed by atoms with van der Waals surface area (Å²) in [7, 11) is 0. The van der Waals surface area contributed by atoms with Crippen LogP contribution in [0.3, 0.4) is 0 Å². The summed E-state index contributed by atoms with van der Waals surface area (Å²) in [4.78, 5) is 31.8. The fraction of sp³-hybridized carbons (Fsp3) is 0.353. The number of thiophene rings is 1. The van der Waals surface area contributed by atoms with Gasteiger partial charge in [0.15, 0.2) is 11.6 Å². The molecule has 2 aromatic heterocycles. The smallest absolute Gasteiger partial charge is 0.248 e. The molecule has 2 N–H and O–H groups in total. The fourth-order valence-corrected chi connectivity index (χ4v) is 3.54. The number of likely N-dealkylation sites (tertiary alicyclic amines) is 1. The minimum atomic E-state index is -0.515. The Balaban J connectivity index is 1.69. The van der Waals surface area contributed by atoms with Crippen LogP contribution in [0.25, 0.3) is 0 Å². The Morgan fingerprint density at radius 3 is 3.00 bits per heavy atom. The Hall–Kier alpha value is -2.41. The Bertz CT molecular complexity index is 746. The van der Waals surface area contributed by atoms with E-state index in [1.807, 2.05) is 17.5 Å². The third-order valence-corrected chi connectivity index (χ3v) is 4.91. The van der Waals surface area contributed by atoms with Crippen LogP contribution in [-0.4, -0.2) is 39.4 Å². The number of amides is 2. The van der Waals surface area contributed by atoms with E-state index in [1.54, 1.807) is 17.9 Å². The van der Waals surface area contributed by atoms with Gasteiger partial charge in [-0.3, -0.25) is 9.59 Å². The number of aromatic hydroxyl groups is 1. The van der Waals surface area contributed by atoms with Gasteiger partial charge in [0.25, 0.3) is 0 Å². The summed E-state index contributed by atoms with van der Waals surface area (Å²) in [5, 5.41) is 14.4. The molecule has 24 heavy (non-hydrogen) atoms. The zero-order valence-electron chi connectivity index (χ0n) is 13.4. The van der Waals surface area contributed by atoms with Gasteiger partial charge < -0.3 is 15.3 Å². The summed E-state index contributed by atoms with van der Waals surface area (Å²) in [6.07, 6.45) is 1.73. The maximum Gasteiger partial charge on any atom is 0.248 e. The van der Waals surface area contributed by atoms with Crippen LogP contribution in [0.1, 0.15) is 23.4 Å². The number of carbonyl (C=O) groups excluding carboxylic acids is 2. The van der Waals surface area contributed by atoms with E-state index in [4.69, 9.17) is 0 Å². The van der Waals surface area contributed by atoms with Gasteiger partial charge in [-0.1, -0.05) is 6.07 Å². The summed E-state index contributed by atoms with van der Waals surface area (Å²) in [6, 6.07) is 6.47. The predicted molar refractivity (Wildman–Crippen MR) is 92.0 cm³/mol. The Labute approximate surface area is 144 Å². The molecule has 7 heteroatoms. The molecule has 126 valence electrons. The van der Waals surface area contributed by atoms with Gasteiger partial charge in [-0.05, 0) is 43.3 Å². The zero-order valence-corrected chi connectivity index (χ0v) is 14.2. The van der Waals surface area contributed by atoms with Crippen LogP contribution >= 0.6 is 11.3 Å². The van der Waals surface area contributed by atoms with Crippen molar-refractivity contribution in [1.82, 2.24) is 9.88 Å². The van der Waals surface area contributed by atoms with Crippen LogP contribution in [0.2, 0.25) is 0 Å². The molecular weight excluding hydrogens is 326 g/mol. The van der Waals surface area contributed by atoms with Crippen molar-refractivity contribution in [2.75, 3.05) is 11.9 Å². The summed E-state index contributed by atoms with van der Waals surface area (Å²) in [5.41, 5.74) is 0.695. The van der Waals surface area contributed by atoms with Crippen molar-refractivity contribution < 1.29 is 14.7 Å². The molecule has 0 spiro atoms. The lowest BCUT2D eigenvalue weighted by Gasteiger charge is -2.23. The average Bonchev–Trinajstić information content (AvgIpc) is 3.21. The molecule has 0 radical (unpaired) electrons. The molecular formula is C17H19N3O3S.